The molecule has 0 spiro atoms. The molecule has 3 unspecified atom stereocenters. The van der Waals surface area contributed by atoms with E-state index in [1.54, 1.807) is 6.20 Å². The number of nitrogens with one attached hydrogen (secondary N) is 1. The summed E-state index contributed by atoms with van der Waals surface area (Å²) in [4.78, 5) is 18.6. The minimum absolute atomic E-state index is 0.0148. The van der Waals surface area contributed by atoms with Gasteiger partial charge in [0.1, 0.15) is 5.82 Å². The van der Waals surface area contributed by atoms with Gasteiger partial charge in [-0.15, -0.1) is 0 Å². The lowest BCUT2D eigenvalue weighted by Crippen LogP contribution is -2.42. The van der Waals surface area contributed by atoms with Crippen LogP contribution < -0.4 is 10.2 Å². The van der Waals surface area contributed by atoms with Gasteiger partial charge in [0.2, 0.25) is 5.91 Å². The third-order valence-electron chi connectivity index (χ3n) is 4.39. The van der Waals surface area contributed by atoms with Crippen molar-refractivity contribution in [1.82, 2.24) is 10.3 Å². The summed E-state index contributed by atoms with van der Waals surface area (Å²) in [5, 5.41) is 13.5. The summed E-state index contributed by atoms with van der Waals surface area (Å²) < 4.78 is 0. The number of carbonyl (C=O) groups excluding carboxylic acids is 1. The van der Waals surface area contributed by atoms with Crippen molar-refractivity contribution in [3.63, 3.8) is 0 Å². The molecule has 0 radical (unpaired) electrons. The van der Waals surface area contributed by atoms with Crippen molar-refractivity contribution in [3.8, 4) is 0 Å². The van der Waals surface area contributed by atoms with E-state index in [-0.39, 0.29) is 17.9 Å². The highest BCUT2D eigenvalue weighted by Gasteiger charge is 2.34. The maximum atomic E-state index is 12.2. The van der Waals surface area contributed by atoms with Gasteiger partial charge in [0.15, 0.2) is 0 Å². The van der Waals surface area contributed by atoms with Crippen LogP contribution in [0.5, 0.6) is 0 Å². The molecule has 1 amide bonds. The molecule has 2 aliphatic rings. The summed E-state index contributed by atoms with van der Waals surface area (Å²) in [6.45, 7) is 1.54. The molecule has 2 N–H and O–H groups in total. The van der Waals surface area contributed by atoms with Crippen LogP contribution in [0.4, 0.5) is 5.82 Å². The fourth-order valence-corrected chi connectivity index (χ4v) is 3.48. The molecule has 1 aromatic heterocycles. The Morgan fingerprint density at radius 2 is 2.29 bits per heavy atom. The maximum Gasteiger partial charge on any atom is 0.226 e. The van der Waals surface area contributed by atoms with E-state index in [1.165, 1.54) is 0 Å². The normalized spacial score (nSPS) is 28.9. The van der Waals surface area contributed by atoms with Gasteiger partial charge in [-0.25, -0.2) is 4.98 Å². The number of pyridine rings is 1. The standard InChI is InChI=1S/C15H20ClN3O2/c16-12-4-2-7-17-14(12)19-8-6-10(9-19)18-15(21)11-3-1-5-13(11)20/h2,4,7,10-11,13,20H,1,3,5-6,8-9H2,(H,18,21). The summed E-state index contributed by atoms with van der Waals surface area (Å²) >= 11 is 6.16. The van der Waals surface area contributed by atoms with Crippen LogP contribution in [0.15, 0.2) is 18.3 Å². The third-order valence-corrected chi connectivity index (χ3v) is 4.68. The van der Waals surface area contributed by atoms with Crippen molar-refractivity contribution in [1.29, 1.82) is 0 Å². The van der Waals surface area contributed by atoms with Gasteiger partial charge >= 0.3 is 0 Å². The van der Waals surface area contributed by atoms with Gasteiger partial charge in [-0.2, -0.15) is 0 Å². The number of carbonyl (C=O) groups is 1. The number of nitrogens with zero attached hydrogens (tertiary/aromatic N) is 2. The van der Waals surface area contributed by atoms with Crippen molar-refractivity contribution in [2.75, 3.05) is 18.0 Å². The molecule has 5 nitrogen and oxygen atoms in total. The Labute approximate surface area is 129 Å². The fraction of sp³-hybridized carbons (Fsp3) is 0.600. The molecule has 3 rings (SSSR count). The van der Waals surface area contributed by atoms with Gasteiger partial charge in [-0.05, 0) is 37.8 Å². The van der Waals surface area contributed by atoms with Crippen LogP contribution in [0.25, 0.3) is 0 Å². The van der Waals surface area contributed by atoms with Crippen LogP contribution in [0, 0.1) is 5.92 Å². The predicted octanol–water partition coefficient (Wildman–Crippen LogP) is 1.59. The molecule has 0 aromatic carbocycles. The number of hydrogen-bond acceptors (Lipinski definition) is 4. The molecule has 21 heavy (non-hydrogen) atoms. The first-order valence-electron chi connectivity index (χ1n) is 7.49. The molecule has 1 aliphatic carbocycles. The summed E-state index contributed by atoms with van der Waals surface area (Å²) in [5.74, 6) is 0.522. The summed E-state index contributed by atoms with van der Waals surface area (Å²) in [6.07, 6.45) is 4.57. The van der Waals surface area contributed by atoms with E-state index in [0.717, 1.165) is 38.0 Å². The van der Waals surface area contributed by atoms with Crippen LogP contribution >= 0.6 is 11.6 Å². The molecule has 2 fully saturated rings. The molecule has 6 heteroatoms. The largest absolute Gasteiger partial charge is 0.392 e. The van der Waals surface area contributed by atoms with Crippen LogP contribution in [-0.4, -0.2) is 41.2 Å². The number of aromatic nitrogens is 1. The topological polar surface area (TPSA) is 65.5 Å². The van der Waals surface area contributed by atoms with Crippen molar-refractivity contribution < 1.29 is 9.90 Å². The average molecular weight is 310 g/mol. The van der Waals surface area contributed by atoms with E-state index in [4.69, 9.17) is 11.6 Å². The minimum atomic E-state index is -0.479. The lowest BCUT2D eigenvalue weighted by Gasteiger charge is -2.20. The monoisotopic (exact) mass is 309 g/mol. The second-order valence-electron chi connectivity index (χ2n) is 5.85. The van der Waals surface area contributed by atoms with Crippen molar-refractivity contribution in [2.45, 2.75) is 37.8 Å². The highest BCUT2D eigenvalue weighted by molar-refractivity contribution is 6.32. The van der Waals surface area contributed by atoms with Crippen molar-refractivity contribution in [3.05, 3.63) is 23.4 Å². The first-order chi connectivity index (χ1) is 10.1. The Morgan fingerprint density at radius 3 is 3.00 bits per heavy atom. The summed E-state index contributed by atoms with van der Waals surface area (Å²) in [6, 6.07) is 3.73. The molecule has 3 atom stereocenters. The van der Waals surface area contributed by atoms with Gasteiger partial charge in [0.05, 0.1) is 17.0 Å². The highest BCUT2D eigenvalue weighted by atomic mass is 35.5. The number of rotatable bonds is 3. The quantitative estimate of drug-likeness (QED) is 0.890. The molecule has 1 saturated heterocycles. The van der Waals surface area contributed by atoms with Crippen LogP contribution in [-0.2, 0) is 4.79 Å². The zero-order chi connectivity index (χ0) is 14.8. The van der Waals surface area contributed by atoms with E-state index >= 15 is 0 Å². The van der Waals surface area contributed by atoms with Gasteiger partial charge in [0, 0.05) is 25.3 Å². The second-order valence-corrected chi connectivity index (χ2v) is 6.26. The highest BCUT2D eigenvalue weighted by Crippen LogP contribution is 2.28. The Kier molecular flexibility index (Phi) is 4.31. The molecule has 2 heterocycles. The minimum Gasteiger partial charge on any atom is -0.392 e. The van der Waals surface area contributed by atoms with Crippen molar-refractivity contribution >= 4 is 23.3 Å². The fourth-order valence-electron chi connectivity index (χ4n) is 3.24. The zero-order valence-electron chi connectivity index (χ0n) is 11.8. The van der Waals surface area contributed by atoms with Crippen molar-refractivity contribution in [2.24, 2.45) is 5.92 Å². The number of halogens is 1. The van der Waals surface area contributed by atoms with Gasteiger partial charge in [-0.1, -0.05) is 11.6 Å². The first kappa shape index (κ1) is 14.6. The number of hydrogen-bond donors (Lipinski definition) is 2. The third kappa shape index (κ3) is 3.14. The van der Waals surface area contributed by atoms with E-state index in [1.807, 2.05) is 12.1 Å². The summed E-state index contributed by atoms with van der Waals surface area (Å²) in [7, 11) is 0. The molecular weight excluding hydrogens is 290 g/mol. The Bertz CT molecular complexity index is 525. The zero-order valence-corrected chi connectivity index (χ0v) is 12.6. The van der Waals surface area contributed by atoms with Crippen LogP contribution in [0.1, 0.15) is 25.7 Å². The summed E-state index contributed by atoms with van der Waals surface area (Å²) in [5.41, 5.74) is 0. The Balaban J connectivity index is 1.58. The predicted molar refractivity (Wildman–Crippen MR) is 81.4 cm³/mol. The molecule has 0 bridgehead atoms. The molecule has 1 aliphatic heterocycles. The maximum absolute atomic E-state index is 12.2. The Morgan fingerprint density at radius 1 is 1.43 bits per heavy atom. The number of aliphatic hydroxyl groups is 1. The number of anilines is 1. The Hall–Kier alpha value is -1.33. The van der Waals surface area contributed by atoms with E-state index in [9.17, 15) is 9.90 Å². The van der Waals surface area contributed by atoms with Gasteiger partial charge in [0.25, 0.3) is 0 Å². The second kappa shape index (κ2) is 6.20. The molecule has 1 aromatic rings. The van der Waals surface area contributed by atoms with Gasteiger partial charge < -0.3 is 15.3 Å². The van der Waals surface area contributed by atoms with Gasteiger partial charge in [-0.3, -0.25) is 4.79 Å². The molecule has 1 saturated carbocycles. The lowest BCUT2D eigenvalue weighted by molar-refractivity contribution is -0.128. The smallest absolute Gasteiger partial charge is 0.226 e. The lowest BCUT2D eigenvalue weighted by atomic mass is 10.0. The van der Waals surface area contributed by atoms with Crippen LogP contribution in [0.2, 0.25) is 5.02 Å². The number of amides is 1. The van der Waals surface area contributed by atoms with E-state index in [2.05, 4.69) is 15.2 Å². The molecular formula is C15H20ClN3O2. The van der Waals surface area contributed by atoms with Crippen LogP contribution in [0.3, 0.4) is 0 Å². The van der Waals surface area contributed by atoms with E-state index < -0.39 is 6.10 Å². The number of aliphatic hydroxyl groups excluding tert-OH is 1. The SMILES string of the molecule is O=C(NC1CCN(c2ncccc2Cl)C1)C1CCCC1O. The first-order valence-corrected chi connectivity index (χ1v) is 7.87. The molecule has 114 valence electrons. The van der Waals surface area contributed by atoms with E-state index in [0.29, 0.717) is 11.6 Å². The average Bonchev–Trinajstić information content (AvgIpc) is 3.08.